The maximum Gasteiger partial charge on any atom is 0.191 e. The van der Waals surface area contributed by atoms with E-state index in [9.17, 15) is 0 Å². The predicted octanol–water partition coefficient (Wildman–Crippen LogP) is 2.23. The molecule has 7 heteroatoms. The van der Waals surface area contributed by atoms with Gasteiger partial charge in [-0.2, -0.15) is 0 Å². The molecule has 2 fully saturated rings. The van der Waals surface area contributed by atoms with Crippen molar-refractivity contribution < 1.29 is 9.47 Å². The molecule has 2 heterocycles. The van der Waals surface area contributed by atoms with Gasteiger partial charge in [0.1, 0.15) is 0 Å². The Balaban J connectivity index is 0.00000261. The van der Waals surface area contributed by atoms with Crippen LogP contribution < -0.4 is 10.6 Å². The van der Waals surface area contributed by atoms with Crippen LogP contribution in [0, 0.1) is 5.41 Å². The summed E-state index contributed by atoms with van der Waals surface area (Å²) in [4.78, 5) is 7.26. The highest BCUT2D eigenvalue weighted by atomic mass is 127. The van der Waals surface area contributed by atoms with Gasteiger partial charge in [-0.3, -0.25) is 4.90 Å². The molecule has 0 atom stereocenters. The van der Waals surface area contributed by atoms with Crippen molar-refractivity contribution in [3.05, 3.63) is 35.4 Å². The van der Waals surface area contributed by atoms with Crippen LogP contribution in [-0.4, -0.2) is 63.5 Å². The fourth-order valence-electron chi connectivity index (χ4n) is 3.22. The molecule has 0 amide bonds. The minimum atomic E-state index is 0. The Bertz CT molecular complexity index is 601. The molecule has 2 aliphatic heterocycles. The number of morpholine rings is 1. The molecule has 0 radical (unpaired) electrons. The Morgan fingerprint density at radius 2 is 1.81 bits per heavy atom. The van der Waals surface area contributed by atoms with E-state index in [1.165, 1.54) is 11.1 Å². The molecule has 0 spiro atoms. The van der Waals surface area contributed by atoms with Crippen LogP contribution in [0.2, 0.25) is 0 Å². The van der Waals surface area contributed by atoms with Gasteiger partial charge in [0.05, 0.1) is 33.0 Å². The SMILES string of the molecule is CCNC(=NCc1ccccc1CN1CCOCC1)NCC1(C)COC1.I. The van der Waals surface area contributed by atoms with Gasteiger partial charge in [-0.25, -0.2) is 4.99 Å². The summed E-state index contributed by atoms with van der Waals surface area (Å²) < 4.78 is 10.8. The van der Waals surface area contributed by atoms with Crippen molar-refractivity contribution in [1.29, 1.82) is 0 Å². The zero-order valence-corrected chi connectivity index (χ0v) is 18.8. The van der Waals surface area contributed by atoms with E-state index in [1.807, 2.05) is 0 Å². The van der Waals surface area contributed by atoms with Crippen LogP contribution in [0.3, 0.4) is 0 Å². The maximum atomic E-state index is 5.45. The van der Waals surface area contributed by atoms with Gasteiger partial charge in [-0.15, -0.1) is 24.0 Å². The van der Waals surface area contributed by atoms with Crippen LogP contribution in [0.5, 0.6) is 0 Å². The number of nitrogens with zero attached hydrogens (tertiary/aromatic N) is 2. The Hall–Kier alpha value is -0.900. The number of ether oxygens (including phenoxy) is 2. The fraction of sp³-hybridized carbons (Fsp3) is 0.650. The summed E-state index contributed by atoms with van der Waals surface area (Å²) in [6.07, 6.45) is 0. The first kappa shape index (κ1) is 22.4. The molecule has 0 bridgehead atoms. The molecule has 0 aromatic heterocycles. The average Bonchev–Trinajstić information content (AvgIpc) is 2.64. The van der Waals surface area contributed by atoms with Gasteiger partial charge >= 0.3 is 0 Å². The summed E-state index contributed by atoms with van der Waals surface area (Å²) >= 11 is 0. The van der Waals surface area contributed by atoms with Crippen LogP contribution in [0.1, 0.15) is 25.0 Å². The van der Waals surface area contributed by atoms with Crippen molar-refractivity contribution in [2.45, 2.75) is 26.9 Å². The molecule has 0 unspecified atom stereocenters. The fourth-order valence-corrected chi connectivity index (χ4v) is 3.22. The zero-order valence-electron chi connectivity index (χ0n) is 16.5. The van der Waals surface area contributed by atoms with Gasteiger partial charge < -0.3 is 20.1 Å². The van der Waals surface area contributed by atoms with Crippen LogP contribution >= 0.6 is 24.0 Å². The highest BCUT2D eigenvalue weighted by molar-refractivity contribution is 14.0. The number of hydrogen-bond donors (Lipinski definition) is 2. The van der Waals surface area contributed by atoms with E-state index < -0.39 is 0 Å². The first-order valence-electron chi connectivity index (χ1n) is 9.65. The van der Waals surface area contributed by atoms with Crippen molar-refractivity contribution in [3.8, 4) is 0 Å². The molecule has 3 rings (SSSR count). The lowest BCUT2D eigenvalue weighted by Crippen LogP contribution is -2.51. The molecule has 152 valence electrons. The molecule has 6 nitrogen and oxygen atoms in total. The molecule has 0 saturated carbocycles. The second-order valence-corrected chi connectivity index (χ2v) is 7.51. The number of benzene rings is 1. The molecular formula is C20H33IN4O2. The van der Waals surface area contributed by atoms with E-state index in [4.69, 9.17) is 14.5 Å². The van der Waals surface area contributed by atoms with E-state index in [2.05, 4.69) is 53.6 Å². The van der Waals surface area contributed by atoms with Gasteiger partial charge in [-0.1, -0.05) is 31.2 Å². The average molecular weight is 488 g/mol. The van der Waals surface area contributed by atoms with Crippen molar-refractivity contribution in [2.24, 2.45) is 10.4 Å². The minimum Gasteiger partial charge on any atom is -0.380 e. The predicted molar refractivity (Wildman–Crippen MR) is 120 cm³/mol. The van der Waals surface area contributed by atoms with Crippen molar-refractivity contribution in [3.63, 3.8) is 0 Å². The first-order valence-corrected chi connectivity index (χ1v) is 9.65. The number of hydrogen-bond acceptors (Lipinski definition) is 4. The van der Waals surface area contributed by atoms with Crippen molar-refractivity contribution in [1.82, 2.24) is 15.5 Å². The standard InChI is InChI=1S/C20H32N4O2.HI/c1-3-21-19(23-14-20(2)15-26-16-20)22-12-17-6-4-5-7-18(17)13-24-8-10-25-11-9-24;/h4-7H,3,8-16H2,1-2H3,(H2,21,22,23);1H. The molecule has 0 aliphatic carbocycles. The molecule has 2 saturated heterocycles. The second kappa shape index (κ2) is 11.2. The van der Waals surface area contributed by atoms with Gasteiger partial charge in [0.15, 0.2) is 5.96 Å². The maximum absolute atomic E-state index is 5.45. The summed E-state index contributed by atoms with van der Waals surface area (Å²) in [5.41, 5.74) is 2.87. The quantitative estimate of drug-likeness (QED) is 0.350. The van der Waals surface area contributed by atoms with Gasteiger partial charge in [0.25, 0.3) is 0 Å². The van der Waals surface area contributed by atoms with Crippen molar-refractivity contribution >= 4 is 29.9 Å². The Kier molecular flexibility index (Phi) is 9.28. The van der Waals surface area contributed by atoms with Crippen LogP contribution in [0.15, 0.2) is 29.3 Å². The summed E-state index contributed by atoms with van der Waals surface area (Å²) in [6, 6.07) is 8.61. The lowest BCUT2D eigenvalue weighted by atomic mass is 9.89. The molecule has 2 aliphatic rings. The van der Waals surface area contributed by atoms with Crippen molar-refractivity contribution in [2.75, 3.05) is 52.6 Å². The number of rotatable bonds is 7. The van der Waals surface area contributed by atoms with E-state index in [-0.39, 0.29) is 29.4 Å². The molecule has 2 N–H and O–H groups in total. The highest BCUT2D eigenvalue weighted by Gasteiger charge is 2.33. The van der Waals surface area contributed by atoms with E-state index in [0.717, 1.165) is 65.1 Å². The largest absolute Gasteiger partial charge is 0.380 e. The Morgan fingerprint density at radius 3 is 2.44 bits per heavy atom. The summed E-state index contributed by atoms with van der Waals surface area (Å²) in [5, 5.41) is 6.81. The number of halogens is 1. The molecule has 27 heavy (non-hydrogen) atoms. The lowest BCUT2D eigenvalue weighted by molar-refractivity contribution is -0.0971. The third-order valence-corrected chi connectivity index (χ3v) is 4.95. The van der Waals surface area contributed by atoms with Gasteiger partial charge in [0, 0.05) is 38.1 Å². The van der Waals surface area contributed by atoms with E-state index in [0.29, 0.717) is 6.54 Å². The van der Waals surface area contributed by atoms with E-state index in [1.54, 1.807) is 0 Å². The van der Waals surface area contributed by atoms with Gasteiger partial charge in [-0.05, 0) is 18.1 Å². The summed E-state index contributed by atoms with van der Waals surface area (Å²) in [7, 11) is 0. The molecule has 1 aromatic carbocycles. The molecular weight excluding hydrogens is 455 g/mol. The Labute approximate surface area is 180 Å². The third kappa shape index (κ3) is 6.89. The van der Waals surface area contributed by atoms with Crippen LogP contribution in [-0.2, 0) is 22.6 Å². The normalized spacial score (nSPS) is 19.7. The van der Waals surface area contributed by atoms with Crippen LogP contribution in [0.25, 0.3) is 0 Å². The summed E-state index contributed by atoms with van der Waals surface area (Å²) in [5.74, 6) is 0.877. The lowest BCUT2D eigenvalue weighted by Gasteiger charge is -2.38. The summed E-state index contributed by atoms with van der Waals surface area (Å²) in [6.45, 7) is 13.0. The Morgan fingerprint density at radius 1 is 1.11 bits per heavy atom. The number of guanidine groups is 1. The monoisotopic (exact) mass is 488 g/mol. The zero-order chi connectivity index (χ0) is 18.2. The topological polar surface area (TPSA) is 58.1 Å². The first-order chi connectivity index (χ1) is 12.7. The number of aliphatic imine (C=N–C) groups is 1. The third-order valence-electron chi connectivity index (χ3n) is 4.95. The number of nitrogens with one attached hydrogen (secondary N) is 2. The second-order valence-electron chi connectivity index (χ2n) is 7.51. The van der Waals surface area contributed by atoms with E-state index >= 15 is 0 Å². The van der Waals surface area contributed by atoms with Gasteiger partial charge in [0.2, 0.25) is 0 Å². The molecule has 1 aromatic rings. The smallest absolute Gasteiger partial charge is 0.191 e. The highest BCUT2D eigenvalue weighted by Crippen LogP contribution is 2.25. The van der Waals surface area contributed by atoms with Crippen LogP contribution in [0.4, 0.5) is 0 Å². The minimum absolute atomic E-state index is 0.